The summed E-state index contributed by atoms with van der Waals surface area (Å²) in [6.07, 6.45) is 1.35. The lowest BCUT2D eigenvalue weighted by molar-refractivity contribution is -0.115. The molecule has 0 aliphatic carbocycles. The molecule has 22 heavy (non-hydrogen) atoms. The molecular weight excluding hydrogens is 274 g/mol. The van der Waals surface area contributed by atoms with Crippen LogP contribution in [0.4, 0.5) is 5.69 Å². The average molecular weight is 297 g/mol. The summed E-state index contributed by atoms with van der Waals surface area (Å²) in [5.74, 6) is 0.739. The van der Waals surface area contributed by atoms with Crippen molar-refractivity contribution in [3.63, 3.8) is 0 Å². The number of benzene rings is 2. The third-order valence-electron chi connectivity index (χ3n) is 3.31. The highest BCUT2D eigenvalue weighted by molar-refractivity contribution is 5.92. The second kappa shape index (κ2) is 7.64. The Labute approximate surface area is 132 Å². The molecule has 0 unspecified atom stereocenters. The standard InChI is InChI=1S/C19H23NO2/c1-4-15-8-7-10-17(12-15)20-19(21)13-16-9-5-6-11-18(16)22-14(2)3/h5-12,14H,4,13H2,1-3H3,(H,20,21). The van der Waals surface area contributed by atoms with Crippen molar-refractivity contribution in [3.8, 4) is 5.75 Å². The van der Waals surface area contributed by atoms with Crippen LogP contribution in [0.1, 0.15) is 31.9 Å². The molecule has 0 saturated heterocycles. The van der Waals surface area contributed by atoms with Crippen molar-refractivity contribution in [1.29, 1.82) is 0 Å². The Morgan fingerprint density at radius 2 is 1.91 bits per heavy atom. The van der Waals surface area contributed by atoms with Gasteiger partial charge >= 0.3 is 0 Å². The van der Waals surface area contributed by atoms with Crippen LogP contribution >= 0.6 is 0 Å². The molecule has 3 heteroatoms. The maximum absolute atomic E-state index is 12.3. The molecule has 0 aliphatic rings. The van der Waals surface area contributed by atoms with E-state index < -0.39 is 0 Å². The van der Waals surface area contributed by atoms with Crippen molar-refractivity contribution in [2.24, 2.45) is 0 Å². The number of rotatable bonds is 6. The van der Waals surface area contributed by atoms with Crippen LogP contribution in [0, 0.1) is 0 Å². The number of hydrogen-bond acceptors (Lipinski definition) is 2. The molecular formula is C19H23NO2. The Morgan fingerprint density at radius 3 is 2.64 bits per heavy atom. The van der Waals surface area contributed by atoms with Crippen molar-refractivity contribution in [3.05, 3.63) is 59.7 Å². The van der Waals surface area contributed by atoms with Crippen LogP contribution in [0.2, 0.25) is 0 Å². The zero-order valence-corrected chi connectivity index (χ0v) is 13.4. The highest BCUT2D eigenvalue weighted by Crippen LogP contribution is 2.20. The topological polar surface area (TPSA) is 38.3 Å². The van der Waals surface area contributed by atoms with Crippen LogP contribution in [-0.2, 0) is 17.6 Å². The number of hydrogen-bond donors (Lipinski definition) is 1. The first-order valence-corrected chi connectivity index (χ1v) is 7.72. The number of aryl methyl sites for hydroxylation is 1. The van der Waals surface area contributed by atoms with Gasteiger partial charge in [-0.2, -0.15) is 0 Å². The van der Waals surface area contributed by atoms with Gasteiger partial charge in [0.05, 0.1) is 12.5 Å². The van der Waals surface area contributed by atoms with Crippen molar-refractivity contribution in [2.45, 2.75) is 39.7 Å². The fraction of sp³-hybridized carbons (Fsp3) is 0.316. The lowest BCUT2D eigenvalue weighted by Crippen LogP contribution is -2.16. The van der Waals surface area contributed by atoms with Gasteiger partial charge in [-0.15, -0.1) is 0 Å². The number of ether oxygens (including phenoxy) is 1. The fourth-order valence-corrected chi connectivity index (χ4v) is 2.27. The Bertz CT molecular complexity index is 635. The van der Waals surface area contributed by atoms with Gasteiger partial charge in [-0.05, 0) is 44.0 Å². The number of carbonyl (C=O) groups excluding carboxylic acids is 1. The molecule has 3 nitrogen and oxygen atoms in total. The molecule has 2 aromatic rings. The van der Waals surface area contributed by atoms with Crippen LogP contribution < -0.4 is 10.1 Å². The summed E-state index contributed by atoms with van der Waals surface area (Å²) >= 11 is 0. The summed E-state index contributed by atoms with van der Waals surface area (Å²) in [7, 11) is 0. The molecule has 0 fully saturated rings. The van der Waals surface area contributed by atoms with Gasteiger partial charge in [0.25, 0.3) is 0 Å². The maximum atomic E-state index is 12.3. The van der Waals surface area contributed by atoms with Crippen molar-refractivity contribution >= 4 is 11.6 Å². The largest absolute Gasteiger partial charge is 0.491 e. The summed E-state index contributed by atoms with van der Waals surface area (Å²) in [6.45, 7) is 6.06. The van der Waals surface area contributed by atoms with Gasteiger partial charge < -0.3 is 10.1 Å². The van der Waals surface area contributed by atoms with E-state index in [0.29, 0.717) is 6.42 Å². The molecule has 0 aromatic heterocycles. The van der Waals surface area contributed by atoms with Crippen LogP contribution in [-0.4, -0.2) is 12.0 Å². The Balaban J connectivity index is 2.05. The number of para-hydroxylation sites is 1. The summed E-state index contributed by atoms with van der Waals surface area (Å²) in [4.78, 5) is 12.3. The first-order valence-electron chi connectivity index (χ1n) is 7.72. The molecule has 1 N–H and O–H groups in total. The monoisotopic (exact) mass is 297 g/mol. The third-order valence-corrected chi connectivity index (χ3v) is 3.31. The number of nitrogens with one attached hydrogen (secondary N) is 1. The number of amides is 1. The van der Waals surface area contributed by atoms with Crippen molar-refractivity contribution in [2.75, 3.05) is 5.32 Å². The van der Waals surface area contributed by atoms with E-state index in [1.807, 2.05) is 56.3 Å². The maximum Gasteiger partial charge on any atom is 0.228 e. The van der Waals surface area contributed by atoms with Gasteiger partial charge in [-0.3, -0.25) is 4.79 Å². The molecule has 0 radical (unpaired) electrons. The minimum absolute atomic E-state index is 0.0342. The second-order valence-corrected chi connectivity index (χ2v) is 5.55. The third kappa shape index (κ3) is 4.62. The molecule has 1 amide bonds. The molecule has 116 valence electrons. The minimum Gasteiger partial charge on any atom is -0.491 e. The van der Waals surface area contributed by atoms with E-state index in [0.717, 1.165) is 23.4 Å². The van der Waals surface area contributed by atoms with E-state index in [2.05, 4.69) is 18.3 Å². The fourth-order valence-electron chi connectivity index (χ4n) is 2.27. The summed E-state index contributed by atoms with van der Waals surface area (Å²) in [5.41, 5.74) is 2.95. The number of carbonyl (C=O) groups is 1. The molecule has 2 rings (SSSR count). The van der Waals surface area contributed by atoms with Crippen molar-refractivity contribution in [1.82, 2.24) is 0 Å². The molecule has 0 atom stereocenters. The highest BCUT2D eigenvalue weighted by Gasteiger charge is 2.10. The zero-order valence-electron chi connectivity index (χ0n) is 13.4. The molecule has 0 spiro atoms. The normalized spacial score (nSPS) is 10.5. The van der Waals surface area contributed by atoms with E-state index in [4.69, 9.17) is 4.74 Å². The van der Waals surface area contributed by atoms with Gasteiger partial charge in [0, 0.05) is 11.3 Å². The van der Waals surface area contributed by atoms with Gasteiger partial charge in [0.1, 0.15) is 5.75 Å². The summed E-state index contributed by atoms with van der Waals surface area (Å²) in [6, 6.07) is 15.6. The lowest BCUT2D eigenvalue weighted by Gasteiger charge is -2.14. The Morgan fingerprint density at radius 1 is 1.14 bits per heavy atom. The first-order chi connectivity index (χ1) is 10.6. The summed E-state index contributed by atoms with van der Waals surface area (Å²) < 4.78 is 5.75. The molecule has 2 aromatic carbocycles. The molecule has 0 saturated carbocycles. The Hall–Kier alpha value is -2.29. The SMILES string of the molecule is CCc1cccc(NC(=O)Cc2ccccc2OC(C)C)c1. The van der Waals surface area contributed by atoms with Crippen LogP contribution in [0.25, 0.3) is 0 Å². The summed E-state index contributed by atoms with van der Waals surface area (Å²) in [5, 5.41) is 2.95. The van der Waals surface area contributed by atoms with Gasteiger partial charge in [-0.25, -0.2) is 0 Å². The highest BCUT2D eigenvalue weighted by atomic mass is 16.5. The molecule has 0 aliphatic heterocycles. The van der Waals surface area contributed by atoms with Crippen LogP contribution in [0.5, 0.6) is 5.75 Å². The lowest BCUT2D eigenvalue weighted by atomic mass is 10.1. The Kier molecular flexibility index (Phi) is 5.59. The van der Waals surface area contributed by atoms with Gasteiger partial charge in [0.2, 0.25) is 5.91 Å². The van der Waals surface area contributed by atoms with E-state index in [1.54, 1.807) is 0 Å². The smallest absolute Gasteiger partial charge is 0.228 e. The van der Waals surface area contributed by atoms with E-state index in [9.17, 15) is 4.79 Å². The van der Waals surface area contributed by atoms with E-state index >= 15 is 0 Å². The van der Waals surface area contributed by atoms with Crippen LogP contribution in [0.15, 0.2) is 48.5 Å². The minimum atomic E-state index is -0.0342. The first kappa shape index (κ1) is 16.1. The number of anilines is 1. The zero-order chi connectivity index (χ0) is 15.9. The van der Waals surface area contributed by atoms with E-state index in [-0.39, 0.29) is 12.0 Å². The average Bonchev–Trinajstić information content (AvgIpc) is 2.49. The van der Waals surface area contributed by atoms with Gasteiger partial charge in [0.15, 0.2) is 0 Å². The van der Waals surface area contributed by atoms with Crippen LogP contribution in [0.3, 0.4) is 0 Å². The molecule has 0 heterocycles. The van der Waals surface area contributed by atoms with Gasteiger partial charge in [-0.1, -0.05) is 37.3 Å². The van der Waals surface area contributed by atoms with E-state index in [1.165, 1.54) is 5.56 Å². The predicted octanol–water partition coefficient (Wildman–Crippen LogP) is 4.22. The van der Waals surface area contributed by atoms with Crippen molar-refractivity contribution < 1.29 is 9.53 Å². The predicted molar refractivity (Wildman–Crippen MR) is 90.4 cm³/mol. The second-order valence-electron chi connectivity index (χ2n) is 5.55. The molecule has 0 bridgehead atoms. The quantitative estimate of drug-likeness (QED) is 0.867.